The highest BCUT2D eigenvalue weighted by atomic mass is 32.1. The van der Waals surface area contributed by atoms with Crippen molar-refractivity contribution in [2.75, 3.05) is 22.6 Å². The van der Waals surface area contributed by atoms with Crippen molar-refractivity contribution in [1.29, 1.82) is 0 Å². The first kappa shape index (κ1) is 24.5. The fourth-order valence-corrected chi connectivity index (χ4v) is 4.80. The number of nitrogens with zero attached hydrogens (tertiary/aromatic N) is 1. The lowest BCUT2D eigenvalue weighted by atomic mass is 9.85. The van der Waals surface area contributed by atoms with Crippen molar-refractivity contribution in [3.8, 4) is 10.4 Å². The van der Waals surface area contributed by atoms with Crippen LogP contribution in [0.1, 0.15) is 50.5 Å². The second-order valence-corrected chi connectivity index (χ2v) is 11.0. The van der Waals surface area contributed by atoms with E-state index in [9.17, 15) is 14.4 Å². The van der Waals surface area contributed by atoms with Crippen LogP contribution in [-0.4, -0.2) is 30.6 Å². The molecule has 0 unspecified atom stereocenters. The van der Waals surface area contributed by atoms with Crippen LogP contribution in [0.15, 0.2) is 53.9 Å². The Bertz CT molecular complexity index is 1310. The molecule has 0 atom stereocenters. The maximum absolute atomic E-state index is 13.3. The predicted octanol–water partition coefficient (Wildman–Crippen LogP) is 6.27. The molecule has 7 nitrogen and oxygen atoms in total. The van der Waals surface area contributed by atoms with Crippen LogP contribution in [0.5, 0.6) is 0 Å². The van der Waals surface area contributed by atoms with E-state index in [1.165, 1.54) is 0 Å². The van der Waals surface area contributed by atoms with E-state index in [0.29, 0.717) is 16.9 Å². The zero-order valence-corrected chi connectivity index (χ0v) is 21.5. The van der Waals surface area contributed by atoms with Gasteiger partial charge >= 0.3 is 6.09 Å². The molecule has 2 aromatic carbocycles. The fraction of sp³-hybridized carbons (Fsp3) is 0.296. The summed E-state index contributed by atoms with van der Waals surface area (Å²) in [5.74, 6) is -0.362. The largest absolute Gasteiger partial charge is 0.444 e. The lowest BCUT2D eigenvalue weighted by molar-refractivity contribution is -0.121. The second-order valence-electron chi connectivity index (χ2n) is 10.0. The Hall–Kier alpha value is -3.65. The summed E-state index contributed by atoms with van der Waals surface area (Å²) in [6.07, 6.45) is -0.613. The highest BCUT2D eigenvalue weighted by Crippen LogP contribution is 2.41. The summed E-state index contributed by atoms with van der Waals surface area (Å²) in [6.45, 7) is 9.06. The van der Waals surface area contributed by atoms with Crippen LogP contribution in [0.25, 0.3) is 10.4 Å². The number of nitrogens with one attached hydrogen (secondary N) is 2. The number of likely N-dealkylation sites (N-methyl/N-ethyl adjacent to an activating group) is 1. The third-order valence-corrected chi connectivity index (χ3v) is 6.76. The number of ether oxygens (including phenoxy) is 1. The molecule has 4 rings (SSSR count). The molecule has 8 heteroatoms. The Morgan fingerprint density at radius 3 is 2.40 bits per heavy atom. The van der Waals surface area contributed by atoms with Crippen molar-refractivity contribution < 1.29 is 19.1 Å². The highest BCUT2D eigenvalue weighted by Gasteiger charge is 2.42. The van der Waals surface area contributed by atoms with E-state index < -0.39 is 17.1 Å². The summed E-state index contributed by atoms with van der Waals surface area (Å²) >= 11 is 1.58. The van der Waals surface area contributed by atoms with E-state index >= 15 is 0 Å². The number of rotatable bonds is 4. The monoisotopic (exact) mass is 491 g/mol. The van der Waals surface area contributed by atoms with Crippen molar-refractivity contribution in [3.05, 3.63) is 65.0 Å². The van der Waals surface area contributed by atoms with Crippen LogP contribution in [0.4, 0.5) is 21.9 Å². The average Bonchev–Trinajstić information content (AvgIpc) is 3.37. The first-order valence-corrected chi connectivity index (χ1v) is 12.2. The molecule has 3 amide bonds. The molecule has 35 heavy (non-hydrogen) atoms. The zero-order chi connectivity index (χ0) is 25.5. The molecule has 0 fully saturated rings. The molecule has 3 aromatic rings. The zero-order valence-electron chi connectivity index (χ0n) is 20.7. The summed E-state index contributed by atoms with van der Waals surface area (Å²) < 4.78 is 5.38. The number of amides is 3. The van der Waals surface area contributed by atoms with Crippen LogP contribution in [0.2, 0.25) is 0 Å². The standard InChI is InChI=1S/C27H29N3O4S/c1-26(2,3)34-25(33)29-19-11-9-16(22-8-7-13-35-22)15-20(19)28-23(31)17-10-12-21-18(14-17)27(4,5)24(32)30(21)6/h7-15H,1-6H3,(H,28,31)(H,29,33). The normalized spacial score (nSPS) is 14.5. The van der Waals surface area contributed by atoms with Crippen LogP contribution in [-0.2, 0) is 14.9 Å². The molecule has 2 N–H and O–H groups in total. The maximum atomic E-state index is 13.3. The van der Waals surface area contributed by atoms with Crippen molar-refractivity contribution in [2.45, 2.75) is 45.6 Å². The molecule has 0 bridgehead atoms. The van der Waals surface area contributed by atoms with E-state index in [1.807, 2.05) is 43.5 Å². The molecule has 0 saturated heterocycles. The third kappa shape index (κ3) is 4.93. The van der Waals surface area contributed by atoms with Gasteiger partial charge in [0.15, 0.2) is 0 Å². The van der Waals surface area contributed by atoms with Gasteiger partial charge in [-0.25, -0.2) is 4.79 Å². The number of fused-ring (bicyclic) bond motifs is 1. The number of benzene rings is 2. The number of thiophene rings is 1. The van der Waals surface area contributed by atoms with E-state index in [0.717, 1.165) is 21.7 Å². The van der Waals surface area contributed by atoms with Gasteiger partial charge in [-0.2, -0.15) is 0 Å². The lowest BCUT2D eigenvalue weighted by Gasteiger charge is -2.21. The molecule has 1 aromatic heterocycles. The molecule has 182 valence electrons. The smallest absolute Gasteiger partial charge is 0.412 e. The van der Waals surface area contributed by atoms with Crippen molar-refractivity contribution >= 4 is 46.3 Å². The summed E-state index contributed by atoms with van der Waals surface area (Å²) in [5.41, 5.74) is 2.41. The first-order valence-electron chi connectivity index (χ1n) is 11.3. The van der Waals surface area contributed by atoms with E-state index in [2.05, 4.69) is 10.6 Å². The molecule has 2 heterocycles. The van der Waals surface area contributed by atoms with E-state index in [4.69, 9.17) is 4.74 Å². The SMILES string of the molecule is CN1C(=O)C(C)(C)c2cc(C(=O)Nc3cc(-c4cccs4)ccc3NC(=O)OC(C)(C)C)ccc21. The number of hydrogen-bond donors (Lipinski definition) is 2. The Balaban J connectivity index is 1.66. The molecular weight excluding hydrogens is 462 g/mol. The number of hydrogen-bond acceptors (Lipinski definition) is 5. The Kier molecular flexibility index (Phi) is 6.19. The van der Waals surface area contributed by atoms with Gasteiger partial charge in [0.05, 0.1) is 16.8 Å². The summed E-state index contributed by atoms with van der Waals surface area (Å²) in [6, 6.07) is 14.6. The van der Waals surface area contributed by atoms with E-state index in [1.54, 1.807) is 68.3 Å². The first-order chi connectivity index (χ1) is 16.4. The maximum Gasteiger partial charge on any atom is 0.412 e. The average molecular weight is 492 g/mol. The van der Waals surface area contributed by atoms with Crippen molar-refractivity contribution in [1.82, 2.24) is 0 Å². The molecule has 0 radical (unpaired) electrons. The van der Waals surface area contributed by atoms with Gasteiger partial charge in [0.2, 0.25) is 5.91 Å². The quantitative estimate of drug-likeness (QED) is 0.450. The van der Waals surface area contributed by atoms with Crippen LogP contribution in [0.3, 0.4) is 0 Å². The Morgan fingerprint density at radius 2 is 1.74 bits per heavy atom. The summed E-state index contributed by atoms with van der Waals surface area (Å²) in [7, 11) is 1.74. The Labute approximate surface area is 209 Å². The molecular formula is C27H29N3O4S. The van der Waals surface area contributed by atoms with Gasteiger partial charge in [-0.3, -0.25) is 14.9 Å². The minimum atomic E-state index is -0.719. The van der Waals surface area contributed by atoms with Crippen molar-refractivity contribution in [2.24, 2.45) is 0 Å². The van der Waals surface area contributed by atoms with Gasteiger partial charge in [-0.05, 0) is 87.5 Å². The molecule has 0 spiro atoms. The fourth-order valence-electron chi connectivity index (χ4n) is 4.08. The summed E-state index contributed by atoms with van der Waals surface area (Å²) in [4.78, 5) is 41.0. The van der Waals surface area contributed by atoms with Gasteiger partial charge in [0.1, 0.15) is 5.60 Å². The van der Waals surface area contributed by atoms with Gasteiger partial charge < -0.3 is 15.0 Å². The number of carbonyl (C=O) groups is 3. The summed E-state index contributed by atoms with van der Waals surface area (Å²) in [5, 5.41) is 7.65. The van der Waals surface area contributed by atoms with Gasteiger partial charge in [0, 0.05) is 23.2 Å². The lowest BCUT2D eigenvalue weighted by Crippen LogP contribution is -2.33. The second kappa shape index (κ2) is 8.85. The highest BCUT2D eigenvalue weighted by molar-refractivity contribution is 7.13. The minimum absolute atomic E-state index is 0.0162. The predicted molar refractivity (Wildman–Crippen MR) is 140 cm³/mol. The molecule has 1 aliphatic heterocycles. The van der Waals surface area contributed by atoms with Crippen LogP contribution >= 0.6 is 11.3 Å². The number of anilines is 3. The van der Waals surface area contributed by atoms with Gasteiger partial charge in [-0.1, -0.05) is 12.1 Å². The minimum Gasteiger partial charge on any atom is -0.444 e. The number of carbonyl (C=O) groups excluding carboxylic acids is 3. The molecule has 0 saturated carbocycles. The van der Waals surface area contributed by atoms with Gasteiger partial charge in [0.25, 0.3) is 5.91 Å². The van der Waals surface area contributed by atoms with Crippen LogP contribution in [0, 0.1) is 0 Å². The topological polar surface area (TPSA) is 87.7 Å². The third-order valence-electron chi connectivity index (χ3n) is 5.84. The molecule has 1 aliphatic rings. The van der Waals surface area contributed by atoms with Gasteiger partial charge in [-0.15, -0.1) is 11.3 Å². The van der Waals surface area contributed by atoms with E-state index in [-0.39, 0.29) is 11.8 Å². The Morgan fingerprint density at radius 1 is 1.00 bits per heavy atom. The van der Waals surface area contributed by atoms with Crippen LogP contribution < -0.4 is 15.5 Å². The molecule has 0 aliphatic carbocycles. The van der Waals surface area contributed by atoms with Crippen molar-refractivity contribution in [3.63, 3.8) is 0 Å².